The van der Waals surface area contributed by atoms with Crippen molar-refractivity contribution in [2.75, 3.05) is 50.7 Å². The number of carbonyl (C=O) groups excluding carboxylic acids is 2. The van der Waals surface area contributed by atoms with Gasteiger partial charge >= 0.3 is 6.03 Å². The maximum atomic E-state index is 12.6. The van der Waals surface area contributed by atoms with Gasteiger partial charge in [0.05, 0.1) is 6.42 Å². The first kappa shape index (κ1) is 21.2. The molecule has 0 spiro atoms. The number of hydrogen-bond donors (Lipinski definition) is 1. The second kappa shape index (κ2) is 9.86. The highest BCUT2D eigenvalue weighted by Crippen LogP contribution is 2.23. The summed E-state index contributed by atoms with van der Waals surface area (Å²) >= 11 is 0. The summed E-state index contributed by atoms with van der Waals surface area (Å²) in [4.78, 5) is 31.3. The third-order valence-corrected chi connectivity index (χ3v) is 6.34. The number of aryl methyl sites for hydroxylation is 1. The molecule has 1 N–H and O–H groups in total. The van der Waals surface area contributed by atoms with Crippen LogP contribution in [0.1, 0.15) is 17.5 Å². The Hall–Kier alpha value is -3.02. The van der Waals surface area contributed by atoms with Crippen LogP contribution in [0, 0.1) is 12.8 Å². The fraction of sp³-hybridized carbons (Fsp3) is 0.440. The van der Waals surface area contributed by atoms with Gasteiger partial charge in [0.15, 0.2) is 0 Å². The molecule has 2 aliphatic heterocycles. The zero-order valence-electron chi connectivity index (χ0n) is 18.3. The van der Waals surface area contributed by atoms with Gasteiger partial charge in [0.1, 0.15) is 0 Å². The zero-order chi connectivity index (χ0) is 21.6. The highest BCUT2D eigenvalue weighted by atomic mass is 16.2. The zero-order valence-corrected chi connectivity index (χ0v) is 18.3. The van der Waals surface area contributed by atoms with Crippen molar-refractivity contribution in [3.63, 3.8) is 0 Å². The van der Waals surface area contributed by atoms with E-state index < -0.39 is 0 Å². The molecule has 0 aliphatic carbocycles. The number of nitrogens with zero attached hydrogens (tertiary/aromatic N) is 3. The van der Waals surface area contributed by atoms with Crippen LogP contribution in [0.25, 0.3) is 0 Å². The van der Waals surface area contributed by atoms with E-state index in [2.05, 4.69) is 34.5 Å². The van der Waals surface area contributed by atoms with E-state index in [0.717, 1.165) is 25.1 Å². The molecule has 164 valence electrons. The summed E-state index contributed by atoms with van der Waals surface area (Å²) in [6, 6.07) is 18.5. The summed E-state index contributed by atoms with van der Waals surface area (Å²) in [5.74, 6) is 0.609. The van der Waals surface area contributed by atoms with Crippen molar-refractivity contribution in [3.05, 3.63) is 65.7 Å². The van der Waals surface area contributed by atoms with Gasteiger partial charge in [-0.05, 0) is 37.0 Å². The average Bonchev–Trinajstić information content (AvgIpc) is 3.29. The first-order valence-electron chi connectivity index (χ1n) is 11.2. The van der Waals surface area contributed by atoms with Gasteiger partial charge in [-0.1, -0.05) is 48.0 Å². The lowest BCUT2D eigenvalue weighted by molar-refractivity contribution is -0.131. The Morgan fingerprint density at radius 3 is 2.29 bits per heavy atom. The molecule has 0 bridgehead atoms. The van der Waals surface area contributed by atoms with Crippen LogP contribution in [0.15, 0.2) is 54.6 Å². The molecular weight excluding hydrogens is 388 g/mol. The highest BCUT2D eigenvalue weighted by molar-refractivity contribution is 5.79. The Morgan fingerprint density at radius 2 is 1.58 bits per heavy atom. The molecule has 1 atom stereocenters. The van der Waals surface area contributed by atoms with Crippen molar-refractivity contribution in [3.8, 4) is 0 Å². The quantitative estimate of drug-likeness (QED) is 0.809. The summed E-state index contributed by atoms with van der Waals surface area (Å²) < 4.78 is 0. The molecule has 2 aromatic rings. The second-order valence-corrected chi connectivity index (χ2v) is 8.65. The number of piperazine rings is 1. The largest absolute Gasteiger partial charge is 0.371 e. The molecule has 6 nitrogen and oxygen atoms in total. The van der Waals surface area contributed by atoms with Crippen molar-refractivity contribution in [1.29, 1.82) is 0 Å². The summed E-state index contributed by atoms with van der Waals surface area (Å²) in [5.41, 5.74) is 3.49. The fourth-order valence-electron chi connectivity index (χ4n) is 4.37. The Kier molecular flexibility index (Phi) is 6.75. The van der Waals surface area contributed by atoms with Gasteiger partial charge in [0.2, 0.25) is 5.91 Å². The molecule has 2 heterocycles. The predicted molar refractivity (Wildman–Crippen MR) is 123 cm³/mol. The number of hydrogen-bond acceptors (Lipinski definition) is 3. The molecule has 2 aromatic carbocycles. The fourth-order valence-corrected chi connectivity index (χ4v) is 4.37. The van der Waals surface area contributed by atoms with E-state index in [1.54, 1.807) is 0 Å². The third kappa shape index (κ3) is 5.57. The number of nitrogens with one attached hydrogen (secondary N) is 1. The maximum Gasteiger partial charge on any atom is 0.317 e. The molecule has 1 unspecified atom stereocenters. The molecule has 4 rings (SSSR count). The van der Waals surface area contributed by atoms with Gasteiger partial charge in [-0.3, -0.25) is 4.79 Å². The van der Waals surface area contributed by atoms with Gasteiger partial charge in [0, 0.05) is 51.5 Å². The number of rotatable bonds is 5. The highest BCUT2D eigenvalue weighted by Gasteiger charge is 2.26. The Balaban J connectivity index is 1.17. The van der Waals surface area contributed by atoms with Crippen LogP contribution in [0.5, 0.6) is 0 Å². The lowest BCUT2D eigenvalue weighted by atomic mass is 10.1. The van der Waals surface area contributed by atoms with Crippen LogP contribution in [-0.2, 0) is 11.2 Å². The van der Waals surface area contributed by atoms with Crippen LogP contribution in [0.2, 0.25) is 0 Å². The van der Waals surface area contributed by atoms with E-state index in [0.29, 0.717) is 45.1 Å². The van der Waals surface area contributed by atoms with Crippen molar-refractivity contribution in [1.82, 2.24) is 15.1 Å². The lowest BCUT2D eigenvalue weighted by Gasteiger charge is -2.35. The first-order chi connectivity index (χ1) is 15.1. The lowest BCUT2D eigenvalue weighted by Crippen LogP contribution is -2.53. The monoisotopic (exact) mass is 420 g/mol. The second-order valence-electron chi connectivity index (χ2n) is 8.65. The van der Waals surface area contributed by atoms with Gasteiger partial charge in [0.25, 0.3) is 0 Å². The van der Waals surface area contributed by atoms with Crippen LogP contribution in [0.4, 0.5) is 10.5 Å². The minimum absolute atomic E-state index is 0.0104. The summed E-state index contributed by atoms with van der Waals surface area (Å²) in [5, 5.41) is 3.11. The van der Waals surface area contributed by atoms with Crippen LogP contribution in [-0.4, -0.2) is 67.6 Å². The van der Waals surface area contributed by atoms with E-state index in [1.807, 2.05) is 47.1 Å². The molecule has 2 fully saturated rings. The molecule has 2 saturated heterocycles. The summed E-state index contributed by atoms with van der Waals surface area (Å²) in [6.45, 7) is 7.14. The smallest absolute Gasteiger partial charge is 0.317 e. The minimum Gasteiger partial charge on any atom is -0.371 e. The molecule has 6 heteroatoms. The summed E-state index contributed by atoms with van der Waals surface area (Å²) in [6.07, 6.45) is 1.52. The molecule has 0 aromatic heterocycles. The van der Waals surface area contributed by atoms with Crippen molar-refractivity contribution in [2.24, 2.45) is 5.92 Å². The Bertz CT molecular complexity index is 876. The van der Waals surface area contributed by atoms with E-state index in [4.69, 9.17) is 0 Å². The van der Waals surface area contributed by atoms with Crippen molar-refractivity contribution < 1.29 is 9.59 Å². The number of benzene rings is 2. The van der Waals surface area contributed by atoms with Gasteiger partial charge in [-0.15, -0.1) is 0 Å². The van der Waals surface area contributed by atoms with Crippen LogP contribution in [0.3, 0.4) is 0 Å². The van der Waals surface area contributed by atoms with Crippen LogP contribution < -0.4 is 10.2 Å². The number of carbonyl (C=O) groups is 2. The van der Waals surface area contributed by atoms with Gasteiger partial charge < -0.3 is 20.0 Å². The minimum atomic E-state index is -0.0104. The molecule has 0 saturated carbocycles. The first-order valence-corrected chi connectivity index (χ1v) is 11.2. The SMILES string of the molecule is Cc1ccc(CC(=O)N2CCN(C(=O)NCC3CCN(c4ccccc4)C3)CC2)cc1. The number of para-hydroxylation sites is 1. The van der Waals surface area contributed by atoms with E-state index >= 15 is 0 Å². The predicted octanol–water partition coefficient (Wildman–Crippen LogP) is 2.92. The third-order valence-electron chi connectivity index (χ3n) is 6.34. The molecular formula is C25H32N4O2. The van der Waals surface area contributed by atoms with Crippen molar-refractivity contribution >= 4 is 17.6 Å². The molecule has 3 amide bonds. The topological polar surface area (TPSA) is 55.9 Å². The Labute approximate surface area is 184 Å². The number of amides is 3. The molecule has 31 heavy (non-hydrogen) atoms. The Morgan fingerprint density at radius 1 is 0.903 bits per heavy atom. The number of anilines is 1. The van der Waals surface area contributed by atoms with Crippen molar-refractivity contribution in [2.45, 2.75) is 19.8 Å². The molecule has 2 aliphatic rings. The average molecular weight is 421 g/mol. The van der Waals surface area contributed by atoms with Gasteiger partial charge in [-0.2, -0.15) is 0 Å². The number of urea groups is 1. The van der Waals surface area contributed by atoms with Gasteiger partial charge in [-0.25, -0.2) is 4.79 Å². The standard InChI is InChI=1S/C25H32N4O2/c1-20-7-9-21(10-8-20)17-24(30)27-13-15-28(16-14-27)25(31)26-18-22-11-12-29(19-22)23-5-3-2-4-6-23/h2-10,22H,11-19H2,1H3,(H,26,31). The van der Waals surface area contributed by atoms with E-state index in [1.165, 1.54) is 11.3 Å². The maximum absolute atomic E-state index is 12.6. The molecule has 0 radical (unpaired) electrons. The van der Waals surface area contributed by atoms with E-state index in [-0.39, 0.29) is 11.9 Å². The van der Waals surface area contributed by atoms with E-state index in [9.17, 15) is 9.59 Å². The summed E-state index contributed by atoms with van der Waals surface area (Å²) in [7, 11) is 0. The normalized spacial score (nSPS) is 18.9. The van der Waals surface area contributed by atoms with Crippen LogP contribution >= 0.6 is 0 Å².